The Balaban J connectivity index is 1.91. The Morgan fingerprint density at radius 1 is 1.60 bits per heavy atom. The lowest BCUT2D eigenvalue weighted by molar-refractivity contribution is -0.144. The van der Waals surface area contributed by atoms with Gasteiger partial charge in [-0.2, -0.15) is 0 Å². The quantitative estimate of drug-likeness (QED) is 0.531. The van der Waals surface area contributed by atoms with Gasteiger partial charge in [-0.15, -0.1) is 0 Å². The number of carboxylic acids is 1. The molecule has 1 saturated heterocycles. The highest BCUT2D eigenvalue weighted by molar-refractivity contribution is 5.86. The van der Waals surface area contributed by atoms with Crippen LogP contribution in [-0.4, -0.2) is 51.7 Å². The molecule has 20 heavy (non-hydrogen) atoms. The highest BCUT2D eigenvalue weighted by atomic mass is 16.5. The van der Waals surface area contributed by atoms with Crippen molar-refractivity contribution in [1.29, 1.82) is 0 Å². The number of nitrogens with two attached hydrogens (primary N) is 1. The number of amides is 1. The number of ether oxygens (including phenoxy) is 1. The lowest BCUT2D eigenvalue weighted by Gasteiger charge is -2.17. The molecule has 2 heterocycles. The summed E-state index contributed by atoms with van der Waals surface area (Å²) in [5, 5.41) is 11.6. The zero-order valence-corrected chi connectivity index (χ0v) is 10.9. The van der Waals surface area contributed by atoms with Gasteiger partial charge in [-0.25, -0.2) is 9.78 Å². The number of hydrogen-bond donors (Lipinski definition) is 4. The van der Waals surface area contributed by atoms with Crippen LogP contribution in [-0.2, 0) is 20.7 Å². The summed E-state index contributed by atoms with van der Waals surface area (Å²) in [6, 6.07) is -1.01. The summed E-state index contributed by atoms with van der Waals surface area (Å²) in [6.45, 7) is 0.361. The highest BCUT2D eigenvalue weighted by Gasteiger charge is 2.32. The first-order valence-electron chi connectivity index (χ1n) is 6.46. The molecule has 0 aromatic carbocycles. The Kier molecular flexibility index (Phi) is 4.70. The topological polar surface area (TPSA) is 130 Å². The number of carbonyl (C=O) groups is 2. The molecular weight excluding hydrogens is 264 g/mol. The second-order valence-corrected chi connectivity index (χ2v) is 4.74. The number of imidazole rings is 1. The van der Waals surface area contributed by atoms with Crippen molar-refractivity contribution < 1.29 is 19.4 Å². The fraction of sp³-hybridized carbons (Fsp3) is 0.583. The molecule has 0 radical (unpaired) electrons. The van der Waals surface area contributed by atoms with E-state index in [-0.39, 0.29) is 12.5 Å². The van der Waals surface area contributed by atoms with Crippen LogP contribution in [0.15, 0.2) is 12.5 Å². The number of aromatic amines is 1. The number of rotatable bonds is 6. The second-order valence-electron chi connectivity index (χ2n) is 4.74. The third-order valence-electron chi connectivity index (χ3n) is 3.26. The van der Waals surface area contributed by atoms with Crippen LogP contribution in [0.2, 0.25) is 0 Å². The molecule has 2 rings (SSSR count). The van der Waals surface area contributed by atoms with Crippen molar-refractivity contribution in [2.75, 3.05) is 6.54 Å². The van der Waals surface area contributed by atoms with Gasteiger partial charge in [-0.3, -0.25) is 4.79 Å². The van der Waals surface area contributed by atoms with Crippen molar-refractivity contribution in [3.63, 3.8) is 0 Å². The normalized spacial score (nSPS) is 23.4. The molecule has 1 aliphatic heterocycles. The van der Waals surface area contributed by atoms with Crippen LogP contribution in [0.5, 0.6) is 0 Å². The minimum atomic E-state index is -1.10. The maximum Gasteiger partial charge on any atom is 0.326 e. The van der Waals surface area contributed by atoms with E-state index < -0.39 is 24.0 Å². The maximum absolute atomic E-state index is 12.0. The summed E-state index contributed by atoms with van der Waals surface area (Å²) in [5.41, 5.74) is 6.12. The summed E-state index contributed by atoms with van der Waals surface area (Å²) in [6.07, 6.45) is 3.67. The van der Waals surface area contributed by atoms with Gasteiger partial charge in [0.1, 0.15) is 12.1 Å². The molecule has 5 N–H and O–H groups in total. The van der Waals surface area contributed by atoms with Crippen molar-refractivity contribution >= 4 is 11.9 Å². The molecule has 1 fully saturated rings. The average molecular weight is 282 g/mol. The largest absolute Gasteiger partial charge is 0.480 e. The summed E-state index contributed by atoms with van der Waals surface area (Å²) < 4.78 is 5.44. The lowest BCUT2D eigenvalue weighted by Crippen LogP contribution is -2.46. The van der Waals surface area contributed by atoms with Crippen molar-refractivity contribution in [3.05, 3.63) is 18.2 Å². The third-order valence-corrected chi connectivity index (χ3v) is 3.26. The van der Waals surface area contributed by atoms with Crippen LogP contribution >= 0.6 is 0 Å². The van der Waals surface area contributed by atoms with E-state index in [1.54, 1.807) is 0 Å². The number of nitrogens with zero attached hydrogens (tertiary/aromatic N) is 1. The van der Waals surface area contributed by atoms with Crippen LogP contribution in [0, 0.1) is 0 Å². The van der Waals surface area contributed by atoms with E-state index in [9.17, 15) is 9.59 Å². The molecule has 1 aromatic heterocycles. The smallest absolute Gasteiger partial charge is 0.326 e. The molecule has 1 aliphatic rings. The van der Waals surface area contributed by atoms with Crippen molar-refractivity contribution in [2.45, 2.75) is 37.5 Å². The average Bonchev–Trinajstić information content (AvgIpc) is 3.08. The number of carboxylic acid groups (broad SMARTS) is 1. The Hall–Kier alpha value is -1.93. The van der Waals surface area contributed by atoms with E-state index >= 15 is 0 Å². The molecule has 0 aliphatic carbocycles. The van der Waals surface area contributed by atoms with Gasteiger partial charge >= 0.3 is 5.97 Å². The zero-order chi connectivity index (χ0) is 14.5. The molecule has 0 saturated carbocycles. The van der Waals surface area contributed by atoms with Crippen LogP contribution < -0.4 is 11.1 Å². The van der Waals surface area contributed by atoms with Crippen molar-refractivity contribution in [3.8, 4) is 0 Å². The van der Waals surface area contributed by atoms with E-state index in [0.717, 1.165) is 0 Å². The summed E-state index contributed by atoms with van der Waals surface area (Å²) in [5.74, 6) is -1.51. The standard InChI is InChI=1S/C12H18N4O4/c13-4-8-1-2-10(20-8)11(17)16-9(12(18)19)3-7-5-14-6-15-7/h5-6,8-10H,1-4,13H2,(H,14,15)(H,16,17)(H,18,19). The zero-order valence-electron chi connectivity index (χ0n) is 10.9. The Morgan fingerprint density at radius 2 is 2.40 bits per heavy atom. The van der Waals surface area contributed by atoms with Crippen LogP contribution in [0.4, 0.5) is 0 Å². The number of aliphatic carboxylic acids is 1. The van der Waals surface area contributed by atoms with E-state index in [4.69, 9.17) is 15.6 Å². The number of nitrogens with one attached hydrogen (secondary N) is 2. The van der Waals surface area contributed by atoms with Crippen LogP contribution in [0.3, 0.4) is 0 Å². The van der Waals surface area contributed by atoms with Gasteiger partial charge in [0.15, 0.2) is 0 Å². The Morgan fingerprint density at radius 3 is 2.95 bits per heavy atom. The minimum absolute atomic E-state index is 0.123. The van der Waals surface area contributed by atoms with Crippen LogP contribution in [0.1, 0.15) is 18.5 Å². The lowest BCUT2D eigenvalue weighted by atomic mass is 10.1. The van der Waals surface area contributed by atoms with E-state index in [0.29, 0.717) is 25.1 Å². The van der Waals surface area contributed by atoms with Gasteiger partial charge < -0.3 is 25.9 Å². The van der Waals surface area contributed by atoms with Gasteiger partial charge in [0.25, 0.3) is 0 Å². The fourth-order valence-corrected chi connectivity index (χ4v) is 2.15. The van der Waals surface area contributed by atoms with Crippen LogP contribution in [0.25, 0.3) is 0 Å². The van der Waals surface area contributed by atoms with Gasteiger partial charge in [0.05, 0.1) is 12.4 Å². The SMILES string of the molecule is NCC1CCC(C(=O)NC(Cc2cnc[nH]2)C(=O)O)O1. The molecule has 8 nitrogen and oxygen atoms in total. The number of carbonyl (C=O) groups excluding carboxylic acids is 1. The molecule has 3 atom stereocenters. The summed E-state index contributed by atoms with van der Waals surface area (Å²) in [4.78, 5) is 29.8. The first-order chi connectivity index (χ1) is 9.60. The summed E-state index contributed by atoms with van der Waals surface area (Å²) in [7, 11) is 0. The van der Waals surface area contributed by atoms with Gasteiger partial charge in [0.2, 0.25) is 5.91 Å². The van der Waals surface area contributed by atoms with E-state index in [1.807, 2.05) is 0 Å². The van der Waals surface area contributed by atoms with Crippen molar-refractivity contribution in [2.24, 2.45) is 5.73 Å². The number of H-pyrrole nitrogens is 1. The highest BCUT2D eigenvalue weighted by Crippen LogP contribution is 2.19. The van der Waals surface area contributed by atoms with Gasteiger partial charge in [-0.1, -0.05) is 0 Å². The fourth-order valence-electron chi connectivity index (χ4n) is 2.15. The maximum atomic E-state index is 12.0. The molecule has 110 valence electrons. The molecule has 0 spiro atoms. The Bertz CT molecular complexity index is 462. The molecule has 8 heteroatoms. The predicted molar refractivity (Wildman–Crippen MR) is 68.8 cm³/mol. The molecule has 1 aromatic rings. The summed E-state index contributed by atoms with van der Waals surface area (Å²) >= 11 is 0. The van der Waals surface area contributed by atoms with Gasteiger partial charge in [-0.05, 0) is 12.8 Å². The van der Waals surface area contributed by atoms with E-state index in [2.05, 4.69) is 15.3 Å². The molecular formula is C12H18N4O4. The first kappa shape index (κ1) is 14.5. The number of hydrogen-bond acceptors (Lipinski definition) is 5. The monoisotopic (exact) mass is 282 g/mol. The van der Waals surface area contributed by atoms with Gasteiger partial charge in [0, 0.05) is 24.9 Å². The Labute approximate surface area is 115 Å². The number of aromatic nitrogens is 2. The molecule has 3 unspecified atom stereocenters. The van der Waals surface area contributed by atoms with E-state index in [1.165, 1.54) is 12.5 Å². The van der Waals surface area contributed by atoms with Crippen molar-refractivity contribution in [1.82, 2.24) is 15.3 Å². The molecule has 0 bridgehead atoms. The minimum Gasteiger partial charge on any atom is -0.480 e. The first-order valence-corrected chi connectivity index (χ1v) is 6.46. The second kappa shape index (κ2) is 6.49. The predicted octanol–water partition coefficient (Wildman–Crippen LogP) is -0.972. The molecule has 1 amide bonds. The third kappa shape index (κ3) is 3.55.